The second-order valence-electron chi connectivity index (χ2n) is 6.33. The largest absolute Gasteiger partial charge is 0.391 e. The van der Waals surface area contributed by atoms with E-state index in [4.69, 9.17) is 10.3 Å². The van der Waals surface area contributed by atoms with Crippen molar-refractivity contribution in [1.82, 2.24) is 0 Å². The summed E-state index contributed by atoms with van der Waals surface area (Å²) < 4.78 is 19.0. The Morgan fingerprint density at radius 1 is 1.23 bits per heavy atom. The van der Waals surface area contributed by atoms with Crippen molar-refractivity contribution in [3.05, 3.63) is 35.9 Å². The molecule has 124 valence electrons. The molecule has 0 aromatic heterocycles. The Morgan fingerprint density at radius 2 is 1.91 bits per heavy atom. The molecule has 22 heavy (non-hydrogen) atoms. The van der Waals surface area contributed by atoms with Crippen LogP contribution in [-0.2, 0) is 15.7 Å². The highest BCUT2D eigenvalue weighted by Crippen LogP contribution is 2.51. The molecule has 1 aliphatic rings. The van der Waals surface area contributed by atoms with Crippen LogP contribution in [-0.4, -0.2) is 30.1 Å². The van der Waals surface area contributed by atoms with Crippen LogP contribution in [0.3, 0.4) is 0 Å². The first-order chi connectivity index (χ1) is 10.6. The van der Waals surface area contributed by atoms with Crippen molar-refractivity contribution in [3.63, 3.8) is 0 Å². The number of benzene rings is 1. The first-order valence-corrected chi connectivity index (χ1v) is 10.3. The summed E-state index contributed by atoms with van der Waals surface area (Å²) in [7, 11) is -2.86. The van der Waals surface area contributed by atoms with E-state index in [1.165, 1.54) is 19.3 Å². The smallest absolute Gasteiger partial charge is 0.206 e. The maximum Gasteiger partial charge on any atom is 0.206 e. The lowest BCUT2D eigenvalue weighted by molar-refractivity contribution is 0.195. The molecule has 1 aromatic carbocycles. The summed E-state index contributed by atoms with van der Waals surface area (Å²) in [5.41, 5.74) is 6.50. The molecule has 0 bridgehead atoms. The van der Waals surface area contributed by atoms with Crippen LogP contribution in [0.1, 0.15) is 37.7 Å². The van der Waals surface area contributed by atoms with Crippen LogP contribution in [0.2, 0.25) is 0 Å². The van der Waals surface area contributed by atoms with E-state index >= 15 is 0 Å². The molecule has 1 aromatic rings. The molecule has 1 saturated carbocycles. The van der Waals surface area contributed by atoms with Crippen LogP contribution in [0, 0.1) is 5.92 Å². The van der Waals surface area contributed by atoms with Crippen molar-refractivity contribution in [3.8, 4) is 0 Å². The molecular formula is C17H28NO3P. The van der Waals surface area contributed by atoms with Gasteiger partial charge in [0.05, 0.1) is 18.9 Å². The average Bonchev–Trinajstić information content (AvgIpc) is 2.55. The van der Waals surface area contributed by atoms with E-state index in [-0.39, 0.29) is 12.7 Å². The lowest BCUT2D eigenvalue weighted by Crippen LogP contribution is -2.26. The average molecular weight is 325 g/mol. The van der Waals surface area contributed by atoms with Gasteiger partial charge in [0.15, 0.2) is 0 Å². The molecule has 0 aliphatic heterocycles. The Labute approximate surface area is 133 Å². The van der Waals surface area contributed by atoms with Gasteiger partial charge in [-0.25, -0.2) is 0 Å². The number of aliphatic hydroxyl groups excluding tert-OH is 1. The Bertz CT molecular complexity index is 474. The molecular weight excluding hydrogens is 297 g/mol. The second kappa shape index (κ2) is 8.83. The number of aliphatic hydroxyl groups is 1. The molecule has 0 amide bonds. The van der Waals surface area contributed by atoms with Gasteiger partial charge in [-0.1, -0.05) is 49.6 Å². The van der Waals surface area contributed by atoms with E-state index in [9.17, 15) is 9.67 Å². The van der Waals surface area contributed by atoms with E-state index in [2.05, 4.69) is 0 Å². The van der Waals surface area contributed by atoms with E-state index in [1.54, 1.807) is 0 Å². The van der Waals surface area contributed by atoms with Gasteiger partial charge in [-0.15, -0.1) is 0 Å². The molecule has 4 nitrogen and oxygen atoms in total. The van der Waals surface area contributed by atoms with Gasteiger partial charge in [0.1, 0.15) is 0 Å². The maximum atomic E-state index is 13.2. The zero-order chi connectivity index (χ0) is 15.8. The van der Waals surface area contributed by atoms with E-state index in [0.29, 0.717) is 18.7 Å². The summed E-state index contributed by atoms with van der Waals surface area (Å²) in [5, 5.41) is 9.84. The van der Waals surface area contributed by atoms with Crippen molar-refractivity contribution in [2.45, 2.75) is 44.8 Å². The van der Waals surface area contributed by atoms with Crippen LogP contribution < -0.4 is 5.73 Å². The minimum absolute atomic E-state index is 0.128. The molecule has 3 N–H and O–H groups in total. The van der Waals surface area contributed by atoms with Crippen LogP contribution in [0.4, 0.5) is 0 Å². The molecule has 2 atom stereocenters. The molecule has 0 radical (unpaired) electrons. The third-order valence-electron chi connectivity index (χ3n) is 4.33. The van der Waals surface area contributed by atoms with E-state index in [1.807, 2.05) is 30.3 Å². The van der Waals surface area contributed by atoms with Crippen molar-refractivity contribution >= 4 is 7.37 Å². The van der Waals surface area contributed by atoms with Gasteiger partial charge in [-0.2, -0.15) is 0 Å². The Balaban J connectivity index is 1.98. The molecule has 0 spiro atoms. The normalized spacial score (nSPS) is 20.5. The molecule has 1 aliphatic carbocycles. The highest BCUT2D eigenvalue weighted by molar-refractivity contribution is 7.59. The summed E-state index contributed by atoms with van der Waals surface area (Å²) >= 11 is 0. The Kier molecular flexibility index (Phi) is 7.10. The van der Waals surface area contributed by atoms with Gasteiger partial charge in [0.2, 0.25) is 7.37 Å². The lowest BCUT2D eigenvalue weighted by atomic mass is 9.91. The predicted octanol–water partition coefficient (Wildman–Crippen LogP) is 3.38. The topological polar surface area (TPSA) is 72.5 Å². The molecule has 0 heterocycles. The fourth-order valence-electron chi connectivity index (χ4n) is 3.11. The van der Waals surface area contributed by atoms with Gasteiger partial charge in [-0.05, 0) is 24.3 Å². The van der Waals surface area contributed by atoms with Gasteiger partial charge >= 0.3 is 0 Å². The number of hydrogen-bond acceptors (Lipinski definition) is 4. The predicted molar refractivity (Wildman–Crippen MR) is 90.2 cm³/mol. The number of rotatable bonds is 8. The van der Waals surface area contributed by atoms with Crippen LogP contribution in [0.15, 0.2) is 30.3 Å². The van der Waals surface area contributed by atoms with Crippen molar-refractivity contribution < 1.29 is 14.2 Å². The molecule has 2 rings (SSSR count). The molecule has 0 saturated heterocycles. The fraction of sp³-hybridized carbons (Fsp3) is 0.647. The van der Waals surface area contributed by atoms with Gasteiger partial charge in [-0.3, -0.25) is 4.57 Å². The second-order valence-corrected chi connectivity index (χ2v) is 8.95. The fourth-order valence-corrected chi connectivity index (χ4v) is 5.79. The van der Waals surface area contributed by atoms with Gasteiger partial charge in [0, 0.05) is 12.7 Å². The van der Waals surface area contributed by atoms with Crippen LogP contribution >= 0.6 is 7.37 Å². The quantitative estimate of drug-likeness (QED) is 0.719. The van der Waals surface area contributed by atoms with E-state index < -0.39 is 13.5 Å². The third-order valence-corrected chi connectivity index (χ3v) is 6.98. The van der Waals surface area contributed by atoms with Gasteiger partial charge in [0.25, 0.3) is 0 Å². The molecule has 1 fully saturated rings. The summed E-state index contributed by atoms with van der Waals surface area (Å²) in [6.07, 6.45) is 5.95. The zero-order valence-corrected chi connectivity index (χ0v) is 14.1. The third kappa shape index (κ3) is 5.85. The minimum Gasteiger partial charge on any atom is -0.391 e. The first kappa shape index (κ1) is 17.7. The SMILES string of the molecule is NCC(O)CP(=O)(CC1CCCCC1)OCc1ccccc1. The van der Waals surface area contributed by atoms with Crippen molar-refractivity contribution in [2.24, 2.45) is 11.7 Å². The first-order valence-electron chi connectivity index (χ1n) is 8.26. The number of hydrogen-bond donors (Lipinski definition) is 2. The highest BCUT2D eigenvalue weighted by atomic mass is 31.2. The van der Waals surface area contributed by atoms with Crippen LogP contribution in [0.5, 0.6) is 0 Å². The van der Waals surface area contributed by atoms with Gasteiger partial charge < -0.3 is 15.4 Å². The Hall–Kier alpha value is -0.670. The summed E-state index contributed by atoms with van der Waals surface area (Å²) in [6.45, 7) is 0.464. The van der Waals surface area contributed by atoms with Crippen LogP contribution in [0.25, 0.3) is 0 Å². The summed E-state index contributed by atoms with van der Waals surface area (Å²) in [4.78, 5) is 0. The summed E-state index contributed by atoms with van der Waals surface area (Å²) in [5.74, 6) is 0.459. The lowest BCUT2D eigenvalue weighted by Gasteiger charge is -2.28. The highest BCUT2D eigenvalue weighted by Gasteiger charge is 2.31. The van der Waals surface area contributed by atoms with E-state index in [0.717, 1.165) is 18.4 Å². The Morgan fingerprint density at radius 3 is 2.55 bits per heavy atom. The summed E-state index contributed by atoms with van der Waals surface area (Å²) in [6, 6.07) is 9.76. The standard InChI is InChI=1S/C17H28NO3P/c18-11-17(19)14-22(20,13-16-9-5-2-6-10-16)21-12-15-7-3-1-4-8-15/h1,3-4,7-8,16-17,19H,2,5-6,9-14,18H2. The zero-order valence-electron chi connectivity index (χ0n) is 13.2. The molecule has 5 heteroatoms. The molecule has 2 unspecified atom stereocenters. The van der Waals surface area contributed by atoms with Crippen molar-refractivity contribution in [1.29, 1.82) is 0 Å². The number of nitrogens with two attached hydrogens (primary N) is 1. The minimum atomic E-state index is -2.86. The maximum absolute atomic E-state index is 13.2. The van der Waals surface area contributed by atoms with Crippen molar-refractivity contribution in [2.75, 3.05) is 18.9 Å². The monoisotopic (exact) mass is 325 g/mol.